The van der Waals surface area contributed by atoms with Gasteiger partial charge in [-0.05, 0) is 56.0 Å². The van der Waals surface area contributed by atoms with E-state index in [2.05, 4.69) is 5.32 Å². The van der Waals surface area contributed by atoms with Gasteiger partial charge >= 0.3 is 0 Å². The largest absolute Gasteiger partial charge is 0.376 e. The molecular weight excluding hydrogens is 446 g/mol. The van der Waals surface area contributed by atoms with Crippen molar-refractivity contribution >= 4 is 51.7 Å². The van der Waals surface area contributed by atoms with Gasteiger partial charge in [-0.25, -0.2) is 4.99 Å². The van der Waals surface area contributed by atoms with Crippen LogP contribution in [0.3, 0.4) is 0 Å². The highest BCUT2D eigenvalue weighted by molar-refractivity contribution is 8.15. The van der Waals surface area contributed by atoms with Crippen molar-refractivity contribution in [3.8, 4) is 0 Å². The summed E-state index contributed by atoms with van der Waals surface area (Å²) in [4.78, 5) is 32.5. The van der Waals surface area contributed by atoms with Gasteiger partial charge in [-0.15, -0.1) is 0 Å². The van der Waals surface area contributed by atoms with Crippen molar-refractivity contribution in [3.05, 3.63) is 58.6 Å². The first-order valence-electron chi connectivity index (χ1n) is 10.7. The molecule has 0 radical (unpaired) electrons. The predicted octanol–water partition coefficient (Wildman–Crippen LogP) is 5.10. The fourth-order valence-electron chi connectivity index (χ4n) is 3.79. The number of carbonyl (C=O) groups is 2. The van der Waals surface area contributed by atoms with Gasteiger partial charge in [0.15, 0.2) is 5.17 Å². The minimum atomic E-state index is -0.529. The number of amides is 2. The molecule has 0 spiro atoms. The fourth-order valence-corrected chi connectivity index (χ4v) is 5.12. The van der Waals surface area contributed by atoms with Gasteiger partial charge in [0.1, 0.15) is 5.25 Å². The summed E-state index contributed by atoms with van der Waals surface area (Å²) >= 11 is 7.50. The Morgan fingerprint density at radius 2 is 2.06 bits per heavy atom. The Kier molecular flexibility index (Phi) is 7.18. The number of ether oxygens (including phenoxy) is 1. The molecule has 168 valence electrons. The third kappa shape index (κ3) is 5.17. The van der Waals surface area contributed by atoms with Crippen molar-refractivity contribution in [2.45, 2.75) is 44.5 Å². The zero-order chi connectivity index (χ0) is 22.7. The lowest BCUT2D eigenvalue weighted by Gasteiger charge is -2.20. The molecule has 4 rings (SSSR count). The number of hydrogen-bond acceptors (Lipinski definition) is 5. The number of aryl methyl sites for hydroxylation is 1. The molecule has 2 amide bonds. The van der Waals surface area contributed by atoms with Gasteiger partial charge in [0.2, 0.25) is 11.8 Å². The molecule has 2 saturated heterocycles. The zero-order valence-electron chi connectivity index (χ0n) is 18.1. The highest BCUT2D eigenvalue weighted by Crippen LogP contribution is 2.34. The second kappa shape index (κ2) is 10.1. The van der Waals surface area contributed by atoms with Gasteiger partial charge in [-0.2, -0.15) is 0 Å². The lowest BCUT2D eigenvalue weighted by molar-refractivity contribution is -0.129. The van der Waals surface area contributed by atoms with E-state index >= 15 is 0 Å². The number of amidine groups is 1. The molecule has 0 saturated carbocycles. The molecule has 0 aromatic heterocycles. The van der Waals surface area contributed by atoms with Crippen LogP contribution in [-0.4, -0.2) is 46.4 Å². The monoisotopic (exact) mass is 471 g/mol. The van der Waals surface area contributed by atoms with Crippen molar-refractivity contribution in [1.29, 1.82) is 0 Å². The maximum atomic E-state index is 13.3. The summed E-state index contributed by atoms with van der Waals surface area (Å²) in [6.45, 7) is 5.02. The second-order valence-corrected chi connectivity index (χ2v) is 9.61. The summed E-state index contributed by atoms with van der Waals surface area (Å²) in [7, 11) is 0. The molecule has 0 aliphatic carbocycles. The normalized spacial score (nSPS) is 22.0. The Morgan fingerprint density at radius 3 is 2.81 bits per heavy atom. The Balaban J connectivity index is 1.52. The average Bonchev–Trinajstić information content (AvgIpc) is 3.37. The van der Waals surface area contributed by atoms with E-state index in [1.54, 1.807) is 23.1 Å². The smallest absolute Gasteiger partial charge is 0.242 e. The standard InChI is InChI=1S/C24H26ClN3O3S/c1-15-7-3-4-10-19(15)27-24-28(14-17-8-6-12-31-17)23(30)21(32-24)13-22(29)26-20-11-5-9-18(25)16(20)2/h3-5,7,9-11,17,21H,6,8,12-14H2,1-2H3,(H,26,29)/t17-,21+/m1/s1. The molecule has 2 atom stereocenters. The molecular formula is C24H26ClN3O3S. The number of carbonyl (C=O) groups excluding carboxylic acids is 2. The van der Waals surface area contributed by atoms with Crippen LogP contribution in [-0.2, 0) is 14.3 Å². The van der Waals surface area contributed by atoms with Gasteiger partial charge in [0.05, 0.1) is 18.3 Å². The van der Waals surface area contributed by atoms with E-state index in [0.717, 1.165) is 36.3 Å². The van der Waals surface area contributed by atoms with Crippen LogP contribution >= 0.6 is 23.4 Å². The first kappa shape index (κ1) is 22.8. The number of aliphatic imine (C=N–C) groups is 1. The number of thioether (sulfide) groups is 1. The molecule has 8 heteroatoms. The van der Waals surface area contributed by atoms with E-state index in [0.29, 0.717) is 22.4 Å². The number of halogens is 1. The van der Waals surface area contributed by atoms with E-state index in [9.17, 15) is 9.59 Å². The molecule has 1 N–H and O–H groups in total. The fraction of sp³-hybridized carbons (Fsp3) is 0.375. The minimum Gasteiger partial charge on any atom is -0.376 e. The number of benzene rings is 2. The lowest BCUT2D eigenvalue weighted by Crippen LogP contribution is -2.38. The molecule has 2 aromatic rings. The van der Waals surface area contributed by atoms with Crippen LogP contribution in [0.1, 0.15) is 30.4 Å². The van der Waals surface area contributed by atoms with Crippen LogP contribution in [0.2, 0.25) is 5.02 Å². The van der Waals surface area contributed by atoms with Crippen molar-refractivity contribution < 1.29 is 14.3 Å². The van der Waals surface area contributed by atoms with Gasteiger partial charge in [-0.1, -0.05) is 47.6 Å². The van der Waals surface area contributed by atoms with E-state index in [-0.39, 0.29) is 24.3 Å². The van der Waals surface area contributed by atoms with Crippen LogP contribution < -0.4 is 5.32 Å². The molecule has 32 heavy (non-hydrogen) atoms. The number of rotatable bonds is 6. The lowest BCUT2D eigenvalue weighted by atomic mass is 10.2. The molecule has 2 aromatic carbocycles. The van der Waals surface area contributed by atoms with Crippen molar-refractivity contribution in [2.24, 2.45) is 4.99 Å². The first-order chi connectivity index (χ1) is 15.4. The highest BCUT2D eigenvalue weighted by Gasteiger charge is 2.40. The molecule has 2 aliphatic heterocycles. The van der Waals surface area contributed by atoms with Crippen molar-refractivity contribution in [3.63, 3.8) is 0 Å². The molecule has 2 aliphatic rings. The van der Waals surface area contributed by atoms with E-state index in [4.69, 9.17) is 21.3 Å². The molecule has 2 heterocycles. The summed E-state index contributed by atoms with van der Waals surface area (Å²) in [6.07, 6.45) is 1.98. The quantitative estimate of drug-likeness (QED) is 0.636. The van der Waals surface area contributed by atoms with Gasteiger partial charge < -0.3 is 10.1 Å². The molecule has 0 bridgehead atoms. The summed E-state index contributed by atoms with van der Waals surface area (Å²) in [5.41, 5.74) is 3.31. The topological polar surface area (TPSA) is 71.0 Å². The van der Waals surface area contributed by atoms with Crippen molar-refractivity contribution in [1.82, 2.24) is 4.90 Å². The van der Waals surface area contributed by atoms with Gasteiger partial charge in [0.25, 0.3) is 0 Å². The number of anilines is 1. The Morgan fingerprint density at radius 1 is 1.25 bits per heavy atom. The summed E-state index contributed by atoms with van der Waals surface area (Å²) in [6, 6.07) is 13.2. The average molecular weight is 472 g/mol. The number of nitrogens with zero attached hydrogens (tertiary/aromatic N) is 2. The third-order valence-electron chi connectivity index (χ3n) is 5.67. The van der Waals surface area contributed by atoms with Gasteiger partial charge in [-0.3, -0.25) is 14.5 Å². The number of nitrogens with one attached hydrogen (secondary N) is 1. The van der Waals surface area contributed by atoms with Gasteiger partial charge in [0, 0.05) is 23.7 Å². The Hall–Kier alpha value is -2.35. The SMILES string of the molecule is Cc1ccccc1N=C1S[C@@H](CC(=O)Nc2cccc(Cl)c2C)C(=O)N1C[C@H]1CCCO1. The predicted molar refractivity (Wildman–Crippen MR) is 130 cm³/mol. The summed E-state index contributed by atoms with van der Waals surface area (Å²) < 4.78 is 5.76. The van der Waals surface area contributed by atoms with E-state index in [1.807, 2.05) is 38.1 Å². The maximum absolute atomic E-state index is 13.3. The van der Waals surface area contributed by atoms with Crippen LogP contribution in [0, 0.1) is 13.8 Å². The van der Waals surface area contributed by atoms with Crippen LogP contribution in [0.5, 0.6) is 0 Å². The maximum Gasteiger partial charge on any atom is 0.242 e. The number of para-hydroxylation sites is 1. The molecule has 6 nitrogen and oxygen atoms in total. The first-order valence-corrected chi connectivity index (χ1v) is 12.0. The van der Waals surface area contributed by atoms with Crippen LogP contribution in [0.15, 0.2) is 47.5 Å². The van der Waals surface area contributed by atoms with E-state index in [1.165, 1.54) is 11.8 Å². The van der Waals surface area contributed by atoms with E-state index < -0.39 is 5.25 Å². The van der Waals surface area contributed by atoms with Crippen LogP contribution in [0.4, 0.5) is 11.4 Å². The molecule has 0 unspecified atom stereocenters. The van der Waals surface area contributed by atoms with Crippen molar-refractivity contribution in [2.75, 3.05) is 18.5 Å². The summed E-state index contributed by atoms with van der Waals surface area (Å²) in [5.74, 6) is -0.328. The second-order valence-electron chi connectivity index (χ2n) is 8.04. The minimum absolute atomic E-state index is 0.00306. The third-order valence-corrected chi connectivity index (χ3v) is 7.26. The Labute approximate surface area is 197 Å². The van der Waals surface area contributed by atoms with Crippen LogP contribution in [0.25, 0.3) is 0 Å². The highest BCUT2D eigenvalue weighted by atomic mass is 35.5. The molecule has 2 fully saturated rings. The zero-order valence-corrected chi connectivity index (χ0v) is 19.7. The Bertz CT molecular complexity index is 1050. The number of hydrogen-bond donors (Lipinski definition) is 1. The summed E-state index contributed by atoms with van der Waals surface area (Å²) in [5, 5.41) is 3.57.